The Hall–Kier alpha value is -1.85. The summed E-state index contributed by atoms with van der Waals surface area (Å²) in [5.41, 5.74) is 7.11. The average molecular weight is 178 g/mol. The van der Waals surface area contributed by atoms with Crippen LogP contribution in [0.3, 0.4) is 0 Å². The van der Waals surface area contributed by atoms with Gasteiger partial charge in [0.1, 0.15) is 17.2 Å². The Morgan fingerprint density at radius 1 is 1.31 bits per heavy atom. The first-order valence-corrected chi connectivity index (χ1v) is 3.83. The van der Waals surface area contributed by atoms with Crippen molar-refractivity contribution < 1.29 is 0 Å². The van der Waals surface area contributed by atoms with Crippen LogP contribution in [0.5, 0.6) is 0 Å². The van der Waals surface area contributed by atoms with Crippen LogP contribution in [0.1, 0.15) is 0 Å². The van der Waals surface area contributed by atoms with E-state index in [1.165, 1.54) is 0 Å². The van der Waals surface area contributed by atoms with Crippen LogP contribution >= 0.6 is 0 Å². The highest BCUT2D eigenvalue weighted by Crippen LogP contribution is 2.15. The van der Waals surface area contributed by atoms with Gasteiger partial charge in [0.15, 0.2) is 0 Å². The predicted molar refractivity (Wildman–Crippen MR) is 47.6 cm³/mol. The molecule has 13 heavy (non-hydrogen) atoms. The molecule has 0 amide bonds. The van der Waals surface area contributed by atoms with E-state index < -0.39 is 0 Å². The minimum atomic E-state index is 0.612. The van der Waals surface area contributed by atoms with Crippen molar-refractivity contribution in [3.05, 3.63) is 12.3 Å². The standard InChI is InChI=1S/C7H10N6/c1-12-4-6(9-11-12)5-3-7(8)13(2)10-5/h3-4H,8H2,1-2H3. The molecule has 0 saturated heterocycles. The molecule has 0 radical (unpaired) electrons. The zero-order valence-electron chi connectivity index (χ0n) is 7.47. The highest BCUT2D eigenvalue weighted by atomic mass is 15.4. The molecule has 2 aromatic rings. The third-order valence-corrected chi connectivity index (χ3v) is 1.78. The molecule has 0 aliphatic heterocycles. The van der Waals surface area contributed by atoms with Crippen molar-refractivity contribution in [2.45, 2.75) is 0 Å². The lowest BCUT2D eigenvalue weighted by atomic mass is 10.3. The number of nitrogens with zero attached hydrogens (tertiary/aromatic N) is 5. The van der Waals surface area contributed by atoms with Crippen LogP contribution in [-0.2, 0) is 14.1 Å². The predicted octanol–water partition coefficient (Wildman–Crippen LogP) is -0.202. The molecule has 2 N–H and O–H groups in total. The van der Waals surface area contributed by atoms with Gasteiger partial charge in [-0.15, -0.1) is 5.10 Å². The molecular formula is C7H10N6. The Morgan fingerprint density at radius 2 is 2.08 bits per heavy atom. The van der Waals surface area contributed by atoms with Crippen molar-refractivity contribution in [1.82, 2.24) is 24.8 Å². The molecule has 2 heterocycles. The fourth-order valence-electron chi connectivity index (χ4n) is 1.07. The molecule has 0 aromatic carbocycles. The van der Waals surface area contributed by atoms with Gasteiger partial charge in [-0.1, -0.05) is 5.21 Å². The number of rotatable bonds is 1. The number of aromatic nitrogens is 5. The maximum Gasteiger partial charge on any atom is 0.133 e. The molecule has 2 aromatic heterocycles. The smallest absolute Gasteiger partial charge is 0.133 e. The van der Waals surface area contributed by atoms with Crippen molar-refractivity contribution in [3.8, 4) is 11.4 Å². The Morgan fingerprint density at radius 3 is 2.54 bits per heavy atom. The lowest BCUT2D eigenvalue weighted by Gasteiger charge is -1.88. The second-order valence-electron chi connectivity index (χ2n) is 2.86. The van der Waals surface area contributed by atoms with Crippen LogP contribution in [-0.4, -0.2) is 24.8 Å². The van der Waals surface area contributed by atoms with Gasteiger partial charge >= 0.3 is 0 Å². The molecule has 0 aliphatic carbocycles. The average Bonchev–Trinajstić information content (AvgIpc) is 2.61. The van der Waals surface area contributed by atoms with Gasteiger partial charge in [0.2, 0.25) is 0 Å². The van der Waals surface area contributed by atoms with Crippen LogP contribution in [0, 0.1) is 0 Å². The quantitative estimate of drug-likeness (QED) is 0.656. The normalized spacial score (nSPS) is 10.6. The van der Waals surface area contributed by atoms with Gasteiger partial charge in [0, 0.05) is 20.2 Å². The van der Waals surface area contributed by atoms with E-state index in [2.05, 4.69) is 15.4 Å². The maximum absolute atomic E-state index is 5.63. The number of aryl methyl sites for hydroxylation is 2. The Bertz CT molecular complexity index is 406. The highest BCUT2D eigenvalue weighted by Gasteiger charge is 2.07. The van der Waals surface area contributed by atoms with Gasteiger partial charge in [-0.25, -0.2) is 0 Å². The van der Waals surface area contributed by atoms with Gasteiger partial charge in [-0.05, 0) is 0 Å². The minimum Gasteiger partial charge on any atom is -0.384 e. The molecule has 0 saturated carbocycles. The lowest BCUT2D eigenvalue weighted by molar-refractivity contribution is 0.715. The molecule has 0 unspecified atom stereocenters. The Labute approximate surface area is 75.0 Å². The molecule has 0 aliphatic rings. The van der Waals surface area contributed by atoms with E-state index >= 15 is 0 Å². The minimum absolute atomic E-state index is 0.612. The molecule has 6 nitrogen and oxygen atoms in total. The van der Waals surface area contributed by atoms with Crippen LogP contribution in [0.2, 0.25) is 0 Å². The largest absolute Gasteiger partial charge is 0.384 e. The molecular weight excluding hydrogens is 168 g/mol. The van der Waals surface area contributed by atoms with Gasteiger partial charge in [0.05, 0.1) is 6.20 Å². The first-order valence-electron chi connectivity index (χ1n) is 3.83. The first kappa shape index (κ1) is 7.78. The van der Waals surface area contributed by atoms with Crippen LogP contribution in [0.15, 0.2) is 12.3 Å². The monoisotopic (exact) mass is 178 g/mol. The zero-order valence-corrected chi connectivity index (χ0v) is 7.47. The summed E-state index contributed by atoms with van der Waals surface area (Å²) >= 11 is 0. The molecule has 0 spiro atoms. The fourth-order valence-corrected chi connectivity index (χ4v) is 1.07. The Kier molecular flexibility index (Phi) is 1.54. The van der Waals surface area contributed by atoms with Gasteiger partial charge in [-0.3, -0.25) is 9.36 Å². The van der Waals surface area contributed by atoms with E-state index in [-0.39, 0.29) is 0 Å². The summed E-state index contributed by atoms with van der Waals surface area (Å²) in [7, 11) is 3.60. The summed E-state index contributed by atoms with van der Waals surface area (Å²) in [5.74, 6) is 0.612. The summed E-state index contributed by atoms with van der Waals surface area (Å²) < 4.78 is 3.23. The van der Waals surface area contributed by atoms with E-state index in [0.29, 0.717) is 5.82 Å². The number of anilines is 1. The van der Waals surface area contributed by atoms with E-state index in [1.807, 2.05) is 7.05 Å². The molecule has 68 valence electrons. The van der Waals surface area contributed by atoms with Crippen molar-refractivity contribution in [2.75, 3.05) is 5.73 Å². The second-order valence-corrected chi connectivity index (χ2v) is 2.86. The topological polar surface area (TPSA) is 74.5 Å². The van der Waals surface area contributed by atoms with Gasteiger partial charge in [-0.2, -0.15) is 5.10 Å². The summed E-state index contributed by atoms with van der Waals surface area (Å²) in [6, 6.07) is 1.77. The number of nitrogens with two attached hydrogens (primary N) is 1. The third-order valence-electron chi connectivity index (χ3n) is 1.78. The number of hydrogen-bond donors (Lipinski definition) is 1. The highest BCUT2D eigenvalue weighted by molar-refractivity contribution is 5.56. The fraction of sp³-hybridized carbons (Fsp3) is 0.286. The molecule has 6 heteroatoms. The van der Waals surface area contributed by atoms with Crippen LogP contribution in [0.25, 0.3) is 11.4 Å². The molecule has 0 fully saturated rings. The first-order chi connectivity index (χ1) is 6.16. The second kappa shape index (κ2) is 2.58. The number of nitrogen functional groups attached to an aromatic ring is 1. The Balaban J connectivity index is 2.46. The summed E-state index contributed by atoms with van der Waals surface area (Å²) in [6.07, 6.45) is 1.79. The van der Waals surface area contributed by atoms with E-state index in [0.717, 1.165) is 11.4 Å². The van der Waals surface area contributed by atoms with E-state index in [9.17, 15) is 0 Å². The summed E-state index contributed by atoms with van der Waals surface area (Å²) in [5, 5.41) is 11.9. The van der Waals surface area contributed by atoms with Crippen molar-refractivity contribution >= 4 is 5.82 Å². The lowest BCUT2D eigenvalue weighted by Crippen LogP contribution is -1.96. The van der Waals surface area contributed by atoms with Crippen LogP contribution < -0.4 is 5.73 Å². The van der Waals surface area contributed by atoms with Crippen molar-refractivity contribution in [1.29, 1.82) is 0 Å². The summed E-state index contributed by atoms with van der Waals surface area (Å²) in [4.78, 5) is 0. The van der Waals surface area contributed by atoms with Crippen LogP contribution in [0.4, 0.5) is 5.82 Å². The SMILES string of the molecule is Cn1cc(-c2cc(N)n(C)n2)nn1. The van der Waals surface area contributed by atoms with Gasteiger partial charge < -0.3 is 5.73 Å². The molecule has 2 rings (SSSR count). The zero-order chi connectivity index (χ0) is 9.42. The number of hydrogen-bond acceptors (Lipinski definition) is 4. The van der Waals surface area contributed by atoms with Crippen molar-refractivity contribution in [2.24, 2.45) is 14.1 Å². The van der Waals surface area contributed by atoms with E-state index in [1.54, 1.807) is 28.7 Å². The van der Waals surface area contributed by atoms with Crippen molar-refractivity contribution in [3.63, 3.8) is 0 Å². The molecule has 0 bridgehead atoms. The van der Waals surface area contributed by atoms with Gasteiger partial charge in [0.25, 0.3) is 0 Å². The molecule has 0 atom stereocenters. The maximum atomic E-state index is 5.63. The van der Waals surface area contributed by atoms with E-state index in [4.69, 9.17) is 5.73 Å². The summed E-state index contributed by atoms with van der Waals surface area (Å²) in [6.45, 7) is 0. The third kappa shape index (κ3) is 1.26.